The van der Waals surface area contributed by atoms with Gasteiger partial charge in [0.1, 0.15) is 0 Å². The fraction of sp³-hybridized carbons (Fsp3) is 0.148. The van der Waals surface area contributed by atoms with Crippen LogP contribution in [0.4, 0.5) is 10.5 Å². The van der Waals surface area contributed by atoms with E-state index in [2.05, 4.69) is 37.2 Å². The zero-order chi connectivity index (χ0) is 25.1. The number of rotatable bonds is 6. The van der Waals surface area contributed by atoms with Gasteiger partial charge in [0.15, 0.2) is 11.5 Å². The number of carbonyl (C=O) groups is 3. The lowest BCUT2D eigenvalue weighted by Gasteiger charge is -2.19. The van der Waals surface area contributed by atoms with Gasteiger partial charge in [-0.3, -0.25) is 9.59 Å². The van der Waals surface area contributed by atoms with Crippen LogP contribution >= 0.6 is 31.9 Å². The molecule has 0 atom stereocenters. The van der Waals surface area contributed by atoms with E-state index >= 15 is 0 Å². The van der Waals surface area contributed by atoms with Crippen molar-refractivity contribution in [1.82, 2.24) is 4.90 Å². The Morgan fingerprint density at radius 1 is 0.943 bits per heavy atom. The molecule has 3 aromatic rings. The second-order valence-electron chi connectivity index (χ2n) is 7.82. The van der Waals surface area contributed by atoms with E-state index in [0.717, 1.165) is 0 Å². The smallest absolute Gasteiger partial charge is 0.408 e. The van der Waals surface area contributed by atoms with Crippen LogP contribution in [-0.4, -0.2) is 35.8 Å². The quantitative estimate of drug-likeness (QED) is 0.251. The van der Waals surface area contributed by atoms with E-state index in [1.165, 1.54) is 0 Å². The number of amides is 2. The van der Waals surface area contributed by atoms with E-state index in [0.29, 0.717) is 61.3 Å². The fourth-order valence-corrected chi connectivity index (χ4v) is 5.17. The molecular formula is C27H22Br2N2O4. The van der Waals surface area contributed by atoms with Gasteiger partial charge in [-0.25, -0.2) is 4.79 Å². The van der Waals surface area contributed by atoms with E-state index in [1.807, 2.05) is 32.0 Å². The second kappa shape index (κ2) is 10.6. The van der Waals surface area contributed by atoms with E-state index in [-0.39, 0.29) is 11.7 Å². The molecule has 35 heavy (non-hydrogen) atoms. The Balaban J connectivity index is 1.66. The summed E-state index contributed by atoms with van der Waals surface area (Å²) in [7, 11) is 0. The van der Waals surface area contributed by atoms with Gasteiger partial charge in [0, 0.05) is 41.0 Å². The fourth-order valence-electron chi connectivity index (χ4n) is 3.79. The van der Waals surface area contributed by atoms with Crippen LogP contribution in [-0.2, 0) is 4.79 Å². The minimum absolute atomic E-state index is 0.114. The molecule has 2 amide bonds. The highest BCUT2D eigenvalue weighted by Gasteiger charge is 2.26. The average molecular weight is 598 g/mol. The van der Waals surface area contributed by atoms with Crippen molar-refractivity contribution in [2.45, 2.75) is 13.8 Å². The number of nitrogens with one attached hydrogen (secondary N) is 1. The highest BCUT2D eigenvalue weighted by Crippen LogP contribution is 2.38. The van der Waals surface area contributed by atoms with Crippen LogP contribution in [0.25, 0.3) is 11.6 Å². The molecule has 1 aliphatic rings. The standard InChI is InChI=1S/C27H22Br2N2O4/c1-3-31(4-2)27(34)35-25-21(28)13-16(14-22(25)29)12-20-19-15-18(10-11-23(19)30-26(20)33)24(32)17-8-6-5-7-9-17/h5-15H,3-4H2,1-2H3,(H,30,33). The number of ether oxygens (including phenoxy) is 1. The third-order valence-electron chi connectivity index (χ3n) is 5.64. The van der Waals surface area contributed by atoms with Gasteiger partial charge in [-0.05, 0) is 87.7 Å². The second-order valence-corrected chi connectivity index (χ2v) is 9.53. The Morgan fingerprint density at radius 2 is 1.60 bits per heavy atom. The van der Waals surface area contributed by atoms with Crippen molar-refractivity contribution < 1.29 is 19.1 Å². The first-order chi connectivity index (χ1) is 16.8. The molecule has 6 nitrogen and oxygen atoms in total. The molecule has 0 bridgehead atoms. The Hall–Kier alpha value is -3.23. The number of hydrogen-bond donors (Lipinski definition) is 1. The molecule has 0 unspecified atom stereocenters. The lowest BCUT2D eigenvalue weighted by Crippen LogP contribution is -2.33. The van der Waals surface area contributed by atoms with Crippen molar-refractivity contribution in [1.29, 1.82) is 0 Å². The number of halogens is 2. The summed E-state index contributed by atoms with van der Waals surface area (Å²) in [6.45, 7) is 4.84. The minimum atomic E-state index is -0.442. The van der Waals surface area contributed by atoms with Crippen molar-refractivity contribution in [2.24, 2.45) is 0 Å². The molecule has 1 heterocycles. The van der Waals surface area contributed by atoms with Crippen molar-refractivity contribution >= 4 is 67.0 Å². The summed E-state index contributed by atoms with van der Waals surface area (Å²) in [6.07, 6.45) is 1.30. The summed E-state index contributed by atoms with van der Waals surface area (Å²) in [6, 6.07) is 17.7. The predicted molar refractivity (Wildman–Crippen MR) is 144 cm³/mol. The summed E-state index contributed by atoms with van der Waals surface area (Å²) < 4.78 is 6.68. The molecule has 0 saturated carbocycles. The molecular weight excluding hydrogens is 576 g/mol. The highest BCUT2D eigenvalue weighted by molar-refractivity contribution is 9.11. The molecule has 8 heteroatoms. The predicted octanol–water partition coefficient (Wildman–Crippen LogP) is 6.78. The van der Waals surface area contributed by atoms with Crippen LogP contribution in [0.15, 0.2) is 69.6 Å². The Labute approximate surface area is 220 Å². The van der Waals surface area contributed by atoms with Gasteiger partial charge in [-0.15, -0.1) is 0 Å². The van der Waals surface area contributed by atoms with Gasteiger partial charge in [0.25, 0.3) is 5.91 Å². The number of carbonyl (C=O) groups excluding carboxylic acids is 3. The summed E-state index contributed by atoms with van der Waals surface area (Å²) in [5, 5.41) is 2.85. The summed E-state index contributed by atoms with van der Waals surface area (Å²) >= 11 is 6.94. The Kier molecular flexibility index (Phi) is 7.52. The molecule has 0 aliphatic carbocycles. The van der Waals surface area contributed by atoms with E-state index < -0.39 is 6.09 Å². The minimum Gasteiger partial charge on any atom is -0.408 e. The van der Waals surface area contributed by atoms with Gasteiger partial charge in [0.2, 0.25) is 0 Å². The first kappa shape index (κ1) is 24.9. The molecule has 178 valence electrons. The first-order valence-electron chi connectivity index (χ1n) is 11.0. The zero-order valence-corrected chi connectivity index (χ0v) is 22.3. The van der Waals surface area contributed by atoms with Crippen LogP contribution in [0.1, 0.15) is 40.9 Å². The maximum atomic E-state index is 12.9. The number of anilines is 1. The Bertz CT molecular complexity index is 1330. The van der Waals surface area contributed by atoms with Crippen LogP contribution in [0.5, 0.6) is 5.75 Å². The third-order valence-corrected chi connectivity index (χ3v) is 6.82. The highest BCUT2D eigenvalue weighted by atomic mass is 79.9. The molecule has 1 aliphatic heterocycles. The maximum absolute atomic E-state index is 12.9. The van der Waals surface area contributed by atoms with Gasteiger partial charge < -0.3 is 15.0 Å². The number of ketones is 1. The average Bonchev–Trinajstić information content (AvgIpc) is 3.16. The van der Waals surface area contributed by atoms with E-state index in [1.54, 1.807) is 53.4 Å². The van der Waals surface area contributed by atoms with Crippen LogP contribution in [0, 0.1) is 0 Å². The molecule has 4 rings (SSSR count). The number of fused-ring (bicyclic) bond motifs is 1. The van der Waals surface area contributed by atoms with Crippen molar-refractivity contribution in [3.63, 3.8) is 0 Å². The molecule has 0 spiro atoms. The number of hydrogen-bond acceptors (Lipinski definition) is 4. The van der Waals surface area contributed by atoms with Gasteiger partial charge >= 0.3 is 6.09 Å². The molecule has 0 radical (unpaired) electrons. The normalized spacial score (nSPS) is 13.4. The third kappa shape index (κ3) is 5.23. The lowest BCUT2D eigenvalue weighted by molar-refractivity contribution is -0.110. The topological polar surface area (TPSA) is 75.7 Å². The van der Waals surface area contributed by atoms with Crippen molar-refractivity contribution in [3.8, 4) is 5.75 Å². The summed E-state index contributed by atoms with van der Waals surface area (Å²) in [4.78, 5) is 39.6. The molecule has 0 fully saturated rings. The number of benzene rings is 3. The Morgan fingerprint density at radius 3 is 2.23 bits per heavy atom. The largest absolute Gasteiger partial charge is 0.415 e. The molecule has 0 saturated heterocycles. The van der Waals surface area contributed by atoms with Crippen LogP contribution < -0.4 is 10.1 Å². The van der Waals surface area contributed by atoms with Gasteiger partial charge in [-0.1, -0.05) is 30.3 Å². The summed E-state index contributed by atoms with van der Waals surface area (Å²) in [5.74, 6) is -0.0124. The summed E-state index contributed by atoms with van der Waals surface area (Å²) in [5.41, 5.74) is 3.53. The number of nitrogens with zero attached hydrogens (tertiary/aromatic N) is 1. The van der Waals surface area contributed by atoms with E-state index in [4.69, 9.17) is 4.74 Å². The maximum Gasteiger partial charge on any atom is 0.415 e. The molecule has 0 aromatic heterocycles. The van der Waals surface area contributed by atoms with Crippen molar-refractivity contribution in [3.05, 3.63) is 91.9 Å². The van der Waals surface area contributed by atoms with Crippen LogP contribution in [0.2, 0.25) is 0 Å². The first-order valence-corrected chi connectivity index (χ1v) is 12.6. The lowest BCUT2D eigenvalue weighted by atomic mass is 9.97. The van der Waals surface area contributed by atoms with Crippen LogP contribution in [0.3, 0.4) is 0 Å². The monoisotopic (exact) mass is 596 g/mol. The molecule has 3 aromatic carbocycles. The van der Waals surface area contributed by atoms with Gasteiger partial charge in [0.05, 0.1) is 8.95 Å². The van der Waals surface area contributed by atoms with Gasteiger partial charge in [-0.2, -0.15) is 0 Å². The molecule has 1 N–H and O–H groups in total. The van der Waals surface area contributed by atoms with Crippen molar-refractivity contribution in [2.75, 3.05) is 18.4 Å². The SMILES string of the molecule is CCN(CC)C(=O)Oc1c(Br)cc(C=C2C(=O)Nc3ccc(C(=O)c4ccccc4)cc32)cc1Br. The zero-order valence-electron chi connectivity index (χ0n) is 19.1. The van der Waals surface area contributed by atoms with E-state index in [9.17, 15) is 14.4 Å².